The number of nitrogens with zero attached hydrogens (tertiary/aromatic N) is 5. The highest BCUT2D eigenvalue weighted by Crippen LogP contribution is 2.28. The molecule has 2 aliphatic rings. The van der Waals surface area contributed by atoms with E-state index in [9.17, 15) is 0 Å². The van der Waals surface area contributed by atoms with E-state index in [2.05, 4.69) is 25.3 Å². The summed E-state index contributed by atoms with van der Waals surface area (Å²) in [5.41, 5.74) is 1.91. The van der Waals surface area contributed by atoms with E-state index in [0.717, 1.165) is 55.0 Å². The molecule has 0 atom stereocenters. The van der Waals surface area contributed by atoms with E-state index in [4.69, 9.17) is 4.74 Å². The molecular formula is C19H32N6O. The van der Waals surface area contributed by atoms with Crippen LogP contribution in [0.2, 0.25) is 0 Å². The molecule has 2 aromatic heterocycles. The Kier molecular flexibility index (Phi) is 6.43. The van der Waals surface area contributed by atoms with Gasteiger partial charge < -0.3 is 10.1 Å². The number of fused-ring (bicyclic) bond motifs is 1. The minimum Gasteiger partial charge on any atom is -0.379 e. The van der Waals surface area contributed by atoms with Crippen LogP contribution in [-0.2, 0) is 11.8 Å². The maximum atomic E-state index is 5.47. The van der Waals surface area contributed by atoms with E-state index in [-0.39, 0.29) is 0 Å². The number of anilines is 1. The van der Waals surface area contributed by atoms with Gasteiger partial charge in [-0.05, 0) is 32.6 Å². The van der Waals surface area contributed by atoms with Gasteiger partial charge >= 0.3 is 0 Å². The van der Waals surface area contributed by atoms with Gasteiger partial charge in [-0.1, -0.05) is 13.8 Å². The van der Waals surface area contributed by atoms with Crippen molar-refractivity contribution in [2.24, 2.45) is 7.05 Å². The fraction of sp³-hybridized carbons (Fsp3) is 0.737. The van der Waals surface area contributed by atoms with Crippen LogP contribution in [-0.4, -0.2) is 63.0 Å². The second kappa shape index (κ2) is 8.77. The van der Waals surface area contributed by atoms with Crippen LogP contribution in [0, 0.1) is 6.92 Å². The summed E-state index contributed by atoms with van der Waals surface area (Å²) in [5.74, 6) is 1.72. The summed E-state index contributed by atoms with van der Waals surface area (Å²) in [5, 5.41) is 7.98. The topological polar surface area (TPSA) is 68.1 Å². The van der Waals surface area contributed by atoms with Gasteiger partial charge in [0.2, 0.25) is 0 Å². The minimum atomic E-state index is 0.481. The van der Waals surface area contributed by atoms with Gasteiger partial charge in [-0.2, -0.15) is 5.10 Å². The summed E-state index contributed by atoms with van der Waals surface area (Å²) in [6.45, 7) is 9.88. The molecule has 7 nitrogen and oxygen atoms in total. The first-order valence-electron chi connectivity index (χ1n) is 9.95. The van der Waals surface area contributed by atoms with Gasteiger partial charge in [-0.15, -0.1) is 0 Å². The highest BCUT2D eigenvalue weighted by atomic mass is 16.5. The third-order valence-corrected chi connectivity index (χ3v) is 5.30. The minimum absolute atomic E-state index is 0.481. The molecule has 2 aromatic rings. The van der Waals surface area contributed by atoms with E-state index in [1.165, 1.54) is 25.7 Å². The van der Waals surface area contributed by atoms with Crippen LogP contribution in [0.15, 0.2) is 6.20 Å². The van der Waals surface area contributed by atoms with Crippen LogP contribution in [0.5, 0.6) is 0 Å². The molecule has 1 aliphatic heterocycles. The van der Waals surface area contributed by atoms with Crippen molar-refractivity contribution < 1.29 is 4.74 Å². The van der Waals surface area contributed by atoms with Crippen molar-refractivity contribution >= 4 is 16.9 Å². The lowest BCUT2D eigenvalue weighted by Gasteiger charge is -2.39. The third kappa shape index (κ3) is 4.15. The van der Waals surface area contributed by atoms with Crippen molar-refractivity contribution in [2.75, 3.05) is 31.6 Å². The van der Waals surface area contributed by atoms with Crippen LogP contribution in [0.4, 0.5) is 5.82 Å². The summed E-state index contributed by atoms with van der Waals surface area (Å²) in [4.78, 5) is 11.7. The highest BCUT2D eigenvalue weighted by Gasteiger charge is 2.27. The largest absolute Gasteiger partial charge is 0.379 e. The van der Waals surface area contributed by atoms with Crippen LogP contribution in [0.25, 0.3) is 11.0 Å². The molecule has 4 rings (SSSR count). The van der Waals surface area contributed by atoms with Crippen LogP contribution in [0.1, 0.15) is 45.4 Å². The lowest BCUT2D eigenvalue weighted by molar-refractivity contribution is 0.00791. The Labute approximate surface area is 156 Å². The molecule has 1 saturated heterocycles. The molecule has 1 aliphatic carbocycles. The second-order valence-corrected chi connectivity index (χ2v) is 6.92. The highest BCUT2D eigenvalue weighted by molar-refractivity contribution is 5.85. The lowest BCUT2D eigenvalue weighted by atomic mass is 9.90. The Hall–Kier alpha value is -1.73. The van der Waals surface area contributed by atoms with Gasteiger partial charge in [0.05, 0.1) is 19.4 Å². The van der Waals surface area contributed by atoms with Gasteiger partial charge in [-0.3, -0.25) is 9.58 Å². The van der Waals surface area contributed by atoms with Gasteiger partial charge in [0.25, 0.3) is 0 Å². The van der Waals surface area contributed by atoms with Crippen molar-refractivity contribution in [1.29, 1.82) is 0 Å². The summed E-state index contributed by atoms with van der Waals surface area (Å²) >= 11 is 0. The Bertz CT molecular complexity index is 701. The number of ether oxygens (including phenoxy) is 1. The van der Waals surface area contributed by atoms with Crippen molar-refractivity contribution in [3.05, 3.63) is 12.0 Å². The smallest absolute Gasteiger partial charge is 0.156 e. The first-order chi connectivity index (χ1) is 12.7. The average Bonchev–Trinajstić information content (AvgIpc) is 3.05. The van der Waals surface area contributed by atoms with Crippen molar-refractivity contribution in [1.82, 2.24) is 24.6 Å². The fourth-order valence-corrected chi connectivity index (χ4v) is 4.02. The number of morpholine rings is 1. The van der Waals surface area contributed by atoms with E-state index in [1.807, 2.05) is 38.7 Å². The van der Waals surface area contributed by atoms with Gasteiger partial charge in [-0.25, -0.2) is 9.97 Å². The zero-order chi connectivity index (χ0) is 18.5. The third-order valence-electron chi connectivity index (χ3n) is 5.30. The quantitative estimate of drug-likeness (QED) is 0.908. The Balaban J connectivity index is 0.000000948. The zero-order valence-corrected chi connectivity index (χ0v) is 16.5. The fourth-order valence-electron chi connectivity index (χ4n) is 4.02. The van der Waals surface area contributed by atoms with Gasteiger partial charge in [0.1, 0.15) is 16.9 Å². The predicted octanol–water partition coefficient (Wildman–Crippen LogP) is 2.75. The molecule has 0 bridgehead atoms. The van der Waals surface area contributed by atoms with Crippen molar-refractivity contribution in [3.63, 3.8) is 0 Å². The normalized spacial score (nSPS) is 24.2. The predicted molar refractivity (Wildman–Crippen MR) is 104 cm³/mol. The molecule has 3 heterocycles. The SMILES string of the molecule is CC.Cc1nc(NC2CCC(N3CCOCC3)CC2)c2c(cnn2C)n1. The van der Waals surface area contributed by atoms with Gasteiger partial charge in [0, 0.05) is 32.2 Å². The Morgan fingerprint density at radius 3 is 2.46 bits per heavy atom. The number of rotatable bonds is 3. The molecule has 144 valence electrons. The summed E-state index contributed by atoms with van der Waals surface area (Å²) in [6.07, 6.45) is 6.67. The number of aryl methyl sites for hydroxylation is 2. The molecule has 7 heteroatoms. The number of hydrogen-bond acceptors (Lipinski definition) is 6. The maximum Gasteiger partial charge on any atom is 0.156 e. The molecule has 0 spiro atoms. The summed E-state index contributed by atoms with van der Waals surface area (Å²) in [7, 11) is 1.95. The van der Waals surface area contributed by atoms with Crippen LogP contribution >= 0.6 is 0 Å². The first-order valence-corrected chi connectivity index (χ1v) is 9.95. The molecule has 0 aromatic carbocycles. The standard InChI is InChI=1S/C17H26N6O.C2H6/c1-12-19-15-11-18-22(2)16(15)17(20-12)21-13-3-5-14(6-4-13)23-7-9-24-10-8-23;1-2/h11,13-14H,3-10H2,1-2H3,(H,19,20,21);1-2H3. The molecular weight excluding hydrogens is 328 g/mol. The van der Waals surface area contributed by atoms with E-state index >= 15 is 0 Å². The first kappa shape index (κ1) is 19.0. The van der Waals surface area contributed by atoms with Crippen LogP contribution in [0.3, 0.4) is 0 Å². The molecule has 0 radical (unpaired) electrons. The van der Waals surface area contributed by atoms with Crippen LogP contribution < -0.4 is 5.32 Å². The number of nitrogens with one attached hydrogen (secondary N) is 1. The zero-order valence-electron chi connectivity index (χ0n) is 16.5. The molecule has 1 saturated carbocycles. The average molecular weight is 361 g/mol. The van der Waals surface area contributed by atoms with Crippen molar-refractivity contribution in [2.45, 2.75) is 58.5 Å². The molecule has 1 N–H and O–H groups in total. The lowest BCUT2D eigenvalue weighted by Crippen LogP contribution is -2.46. The molecule has 0 amide bonds. The molecule has 0 unspecified atom stereocenters. The Morgan fingerprint density at radius 2 is 1.77 bits per heavy atom. The Morgan fingerprint density at radius 1 is 1.08 bits per heavy atom. The second-order valence-electron chi connectivity index (χ2n) is 6.92. The molecule has 26 heavy (non-hydrogen) atoms. The monoisotopic (exact) mass is 360 g/mol. The van der Waals surface area contributed by atoms with E-state index < -0.39 is 0 Å². The summed E-state index contributed by atoms with van der Waals surface area (Å²) < 4.78 is 7.33. The molecule has 2 fully saturated rings. The van der Waals surface area contributed by atoms with Crippen molar-refractivity contribution in [3.8, 4) is 0 Å². The number of aromatic nitrogens is 4. The summed E-state index contributed by atoms with van der Waals surface area (Å²) in [6, 6.07) is 1.20. The van der Waals surface area contributed by atoms with E-state index in [1.54, 1.807) is 0 Å². The maximum absolute atomic E-state index is 5.47. The number of hydrogen-bond donors (Lipinski definition) is 1. The van der Waals surface area contributed by atoms with E-state index in [0.29, 0.717) is 6.04 Å². The van der Waals surface area contributed by atoms with Gasteiger partial charge in [0.15, 0.2) is 5.82 Å².